The second-order valence-corrected chi connectivity index (χ2v) is 4.49. The molecule has 1 heterocycles. The Morgan fingerprint density at radius 3 is 2.95 bits per heavy atom. The van der Waals surface area contributed by atoms with E-state index < -0.39 is 0 Å². The third kappa shape index (κ3) is 3.83. The molecule has 0 bridgehead atoms. The smallest absolute Gasteiger partial charge is 0.257 e. The van der Waals surface area contributed by atoms with Gasteiger partial charge in [-0.3, -0.25) is 4.79 Å². The van der Waals surface area contributed by atoms with Crippen molar-refractivity contribution in [2.75, 3.05) is 25.1 Å². The van der Waals surface area contributed by atoms with Gasteiger partial charge in [0.25, 0.3) is 5.56 Å². The molecule has 4 heteroatoms. The van der Waals surface area contributed by atoms with Gasteiger partial charge in [-0.05, 0) is 30.4 Å². The first-order valence-corrected chi connectivity index (χ1v) is 6.75. The lowest BCUT2D eigenvalue weighted by atomic mass is 10.2. The van der Waals surface area contributed by atoms with Crippen LogP contribution in [0.15, 0.2) is 35.1 Å². The average molecular weight is 260 g/mol. The lowest BCUT2D eigenvalue weighted by molar-refractivity contribution is 0.134. The van der Waals surface area contributed by atoms with Gasteiger partial charge in [-0.25, -0.2) is 0 Å². The van der Waals surface area contributed by atoms with E-state index in [0.717, 1.165) is 49.2 Å². The predicted molar refractivity (Wildman–Crippen MR) is 78.8 cm³/mol. The van der Waals surface area contributed by atoms with Crippen LogP contribution in [0.4, 0.5) is 5.82 Å². The molecule has 0 amide bonds. The maximum Gasteiger partial charge on any atom is 0.257 e. The molecule has 0 atom stereocenters. The summed E-state index contributed by atoms with van der Waals surface area (Å²) in [5.41, 5.74) is -0.0529. The topological polar surface area (TPSA) is 54.1 Å². The Labute approximate surface area is 112 Å². The van der Waals surface area contributed by atoms with E-state index in [9.17, 15) is 4.79 Å². The van der Waals surface area contributed by atoms with Crippen molar-refractivity contribution in [3.05, 3.63) is 40.7 Å². The number of hydrogen-bond acceptors (Lipinski definition) is 3. The predicted octanol–water partition coefficient (Wildman–Crippen LogP) is 2.76. The molecule has 2 aromatic rings. The number of H-pyrrole nitrogens is 1. The normalized spacial score (nSPS) is 10.8. The van der Waals surface area contributed by atoms with Crippen LogP contribution in [0.1, 0.15) is 19.8 Å². The zero-order valence-electron chi connectivity index (χ0n) is 11.2. The first-order valence-electron chi connectivity index (χ1n) is 6.75. The van der Waals surface area contributed by atoms with E-state index in [-0.39, 0.29) is 5.56 Å². The van der Waals surface area contributed by atoms with Gasteiger partial charge in [0.05, 0.1) is 0 Å². The van der Waals surface area contributed by atoms with Gasteiger partial charge < -0.3 is 15.0 Å². The first kappa shape index (κ1) is 13.6. The summed E-state index contributed by atoms with van der Waals surface area (Å²) >= 11 is 0. The molecular formula is C15H20N2O2. The van der Waals surface area contributed by atoms with Crippen molar-refractivity contribution >= 4 is 16.6 Å². The molecule has 0 aliphatic carbocycles. The summed E-state index contributed by atoms with van der Waals surface area (Å²) in [7, 11) is 0. The minimum Gasteiger partial charge on any atom is -0.381 e. The highest BCUT2D eigenvalue weighted by Crippen LogP contribution is 2.12. The SMILES string of the molecule is CCCOCCCNc1cc2ccccc2c(=O)[nH]1. The van der Waals surface area contributed by atoms with Crippen LogP contribution in [0.5, 0.6) is 0 Å². The van der Waals surface area contributed by atoms with E-state index in [4.69, 9.17) is 4.74 Å². The standard InChI is InChI=1S/C15H20N2O2/c1-2-9-19-10-5-8-16-14-11-12-6-3-4-7-13(12)15(18)17-14/h3-4,6-7,11H,2,5,8-10H2,1H3,(H2,16,17,18). The van der Waals surface area contributed by atoms with E-state index >= 15 is 0 Å². The third-order valence-electron chi connectivity index (χ3n) is 2.88. The molecule has 0 aliphatic heterocycles. The molecule has 4 nitrogen and oxygen atoms in total. The maximum absolute atomic E-state index is 11.9. The molecule has 1 aromatic carbocycles. The van der Waals surface area contributed by atoms with Crippen molar-refractivity contribution in [2.45, 2.75) is 19.8 Å². The van der Waals surface area contributed by atoms with Gasteiger partial charge in [-0.2, -0.15) is 0 Å². The summed E-state index contributed by atoms with van der Waals surface area (Å²) in [6, 6.07) is 9.54. The number of ether oxygens (including phenoxy) is 1. The Bertz CT molecular complexity index is 578. The summed E-state index contributed by atoms with van der Waals surface area (Å²) in [6.45, 7) is 4.45. The summed E-state index contributed by atoms with van der Waals surface area (Å²) in [4.78, 5) is 14.7. The summed E-state index contributed by atoms with van der Waals surface area (Å²) in [5.74, 6) is 0.763. The highest BCUT2D eigenvalue weighted by atomic mass is 16.5. The molecule has 102 valence electrons. The molecule has 0 saturated heterocycles. The molecule has 0 unspecified atom stereocenters. The summed E-state index contributed by atoms with van der Waals surface area (Å²) in [6.07, 6.45) is 1.97. The van der Waals surface area contributed by atoms with Crippen LogP contribution >= 0.6 is 0 Å². The molecule has 0 spiro atoms. The molecule has 0 saturated carbocycles. The fourth-order valence-electron chi connectivity index (χ4n) is 1.95. The van der Waals surface area contributed by atoms with Crippen molar-refractivity contribution in [2.24, 2.45) is 0 Å². The molecule has 0 aliphatic rings. The van der Waals surface area contributed by atoms with Crippen LogP contribution in [-0.2, 0) is 4.74 Å². The minimum atomic E-state index is -0.0529. The highest BCUT2D eigenvalue weighted by Gasteiger charge is 2.00. The number of anilines is 1. The largest absolute Gasteiger partial charge is 0.381 e. The Morgan fingerprint density at radius 2 is 2.11 bits per heavy atom. The van der Waals surface area contributed by atoms with E-state index in [0.29, 0.717) is 0 Å². The van der Waals surface area contributed by atoms with Crippen LogP contribution in [0.2, 0.25) is 0 Å². The van der Waals surface area contributed by atoms with Gasteiger partial charge in [0.2, 0.25) is 0 Å². The van der Waals surface area contributed by atoms with Crippen LogP contribution in [0.25, 0.3) is 10.8 Å². The average Bonchev–Trinajstić information content (AvgIpc) is 2.43. The number of aromatic nitrogens is 1. The number of aromatic amines is 1. The second kappa shape index (κ2) is 6.95. The third-order valence-corrected chi connectivity index (χ3v) is 2.88. The van der Waals surface area contributed by atoms with Gasteiger partial charge in [-0.15, -0.1) is 0 Å². The van der Waals surface area contributed by atoms with Gasteiger partial charge in [0.1, 0.15) is 5.82 Å². The van der Waals surface area contributed by atoms with Crippen molar-refractivity contribution in [3.8, 4) is 0 Å². The summed E-state index contributed by atoms with van der Waals surface area (Å²) < 4.78 is 5.40. The Morgan fingerprint density at radius 1 is 1.26 bits per heavy atom. The number of hydrogen-bond donors (Lipinski definition) is 2. The molecule has 2 rings (SSSR count). The monoisotopic (exact) mass is 260 g/mol. The van der Waals surface area contributed by atoms with Gasteiger partial charge >= 0.3 is 0 Å². The Balaban J connectivity index is 1.92. The maximum atomic E-state index is 11.9. The van der Waals surface area contributed by atoms with Crippen molar-refractivity contribution in [1.29, 1.82) is 0 Å². The van der Waals surface area contributed by atoms with Crippen LogP contribution in [-0.4, -0.2) is 24.7 Å². The Kier molecular flexibility index (Phi) is 4.98. The second-order valence-electron chi connectivity index (χ2n) is 4.49. The first-order chi connectivity index (χ1) is 9.31. The van der Waals surface area contributed by atoms with Crippen LogP contribution in [0, 0.1) is 0 Å². The molecule has 0 fully saturated rings. The fourth-order valence-corrected chi connectivity index (χ4v) is 1.95. The lowest BCUT2D eigenvalue weighted by Crippen LogP contribution is -2.12. The van der Waals surface area contributed by atoms with E-state index in [2.05, 4.69) is 17.2 Å². The number of fused-ring (bicyclic) bond motifs is 1. The van der Waals surface area contributed by atoms with E-state index in [1.54, 1.807) is 0 Å². The van der Waals surface area contributed by atoms with Crippen LogP contribution < -0.4 is 10.9 Å². The van der Waals surface area contributed by atoms with E-state index in [1.807, 2.05) is 30.3 Å². The zero-order chi connectivity index (χ0) is 13.5. The number of pyridine rings is 1. The number of nitrogens with one attached hydrogen (secondary N) is 2. The van der Waals surface area contributed by atoms with Gasteiger partial charge in [0, 0.05) is 25.1 Å². The zero-order valence-corrected chi connectivity index (χ0v) is 11.2. The van der Waals surface area contributed by atoms with E-state index in [1.165, 1.54) is 0 Å². The fraction of sp³-hybridized carbons (Fsp3) is 0.400. The molecular weight excluding hydrogens is 240 g/mol. The minimum absolute atomic E-state index is 0.0529. The number of benzene rings is 1. The lowest BCUT2D eigenvalue weighted by Gasteiger charge is -2.07. The van der Waals surface area contributed by atoms with Crippen LogP contribution in [0.3, 0.4) is 0 Å². The number of rotatable bonds is 7. The molecule has 1 aromatic heterocycles. The van der Waals surface area contributed by atoms with Gasteiger partial charge in [0.15, 0.2) is 0 Å². The van der Waals surface area contributed by atoms with Crippen molar-refractivity contribution < 1.29 is 4.74 Å². The van der Waals surface area contributed by atoms with Gasteiger partial charge in [-0.1, -0.05) is 25.1 Å². The van der Waals surface area contributed by atoms with Crippen molar-refractivity contribution in [3.63, 3.8) is 0 Å². The summed E-state index contributed by atoms with van der Waals surface area (Å²) in [5, 5.41) is 4.90. The quantitative estimate of drug-likeness (QED) is 0.753. The highest BCUT2D eigenvalue weighted by molar-refractivity contribution is 5.83. The molecule has 2 N–H and O–H groups in total. The molecule has 0 radical (unpaired) electrons. The Hall–Kier alpha value is -1.81. The molecule has 19 heavy (non-hydrogen) atoms. The van der Waals surface area contributed by atoms with Crippen molar-refractivity contribution in [1.82, 2.24) is 4.98 Å².